The summed E-state index contributed by atoms with van der Waals surface area (Å²) < 4.78 is 5.73. The molecule has 3 atom stereocenters. The predicted molar refractivity (Wildman–Crippen MR) is 65.2 cm³/mol. The van der Waals surface area contributed by atoms with Crippen molar-refractivity contribution in [2.24, 2.45) is 5.73 Å². The van der Waals surface area contributed by atoms with E-state index in [4.69, 9.17) is 10.5 Å². The van der Waals surface area contributed by atoms with E-state index in [0.29, 0.717) is 6.54 Å². The summed E-state index contributed by atoms with van der Waals surface area (Å²) >= 11 is 0. The van der Waals surface area contributed by atoms with E-state index in [9.17, 15) is 5.11 Å². The fourth-order valence-electron chi connectivity index (χ4n) is 1.51. The van der Waals surface area contributed by atoms with Crippen LogP contribution in [0.1, 0.15) is 31.1 Å². The Labute approximate surface area is 97.2 Å². The lowest BCUT2D eigenvalue weighted by Crippen LogP contribution is -2.28. The van der Waals surface area contributed by atoms with Gasteiger partial charge in [-0.3, -0.25) is 0 Å². The van der Waals surface area contributed by atoms with Crippen LogP contribution in [0.5, 0.6) is 0 Å². The Balaban J connectivity index is 2.74. The fourth-order valence-corrected chi connectivity index (χ4v) is 1.51. The smallest absolute Gasteiger partial charge is 0.0952 e. The minimum absolute atomic E-state index is 0.149. The standard InChI is InChI=1S/C13H21NO2/c1-9-5-4-6-12(7-9)13(8-14)16-11(3)10(2)15/h4-7,10-11,13,15H,8,14H2,1-3H3. The maximum Gasteiger partial charge on any atom is 0.0952 e. The largest absolute Gasteiger partial charge is 0.391 e. The van der Waals surface area contributed by atoms with Crippen LogP contribution in [0.3, 0.4) is 0 Å². The molecule has 0 saturated heterocycles. The van der Waals surface area contributed by atoms with Gasteiger partial charge in [-0.2, -0.15) is 0 Å². The Bertz CT molecular complexity index is 325. The molecule has 0 spiro atoms. The number of aliphatic hydroxyl groups is 1. The molecule has 1 aromatic carbocycles. The molecule has 3 nitrogen and oxygen atoms in total. The zero-order valence-electron chi connectivity index (χ0n) is 10.2. The lowest BCUT2D eigenvalue weighted by Gasteiger charge is -2.23. The normalized spacial score (nSPS) is 16.8. The molecular formula is C13H21NO2. The van der Waals surface area contributed by atoms with Crippen molar-refractivity contribution >= 4 is 0 Å². The first-order valence-corrected chi connectivity index (χ1v) is 5.64. The van der Waals surface area contributed by atoms with Crippen LogP contribution in [0, 0.1) is 6.92 Å². The first kappa shape index (κ1) is 13.2. The molecule has 0 amide bonds. The average molecular weight is 223 g/mol. The van der Waals surface area contributed by atoms with E-state index in [0.717, 1.165) is 5.56 Å². The van der Waals surface area contributed by atoms with Gasteiger partial charge in [-0.1, -0.05) is 29.8 Å². The highest BCUT2D eigenvalue weighted by Gasteiger charge is 2.17. The summed E-state index contributed by atoms with van der Waals surface area (Å²) in [7, 11) is 0. The van der Waals surface area contributed by atoms with E-state index in [-0.39, 0.29) is 12.2 Å². The van der Waals surface area contributed by atoms with E-state index < -0.39 is 6.10 Å². The van der Waals surface area contributed by atoms with Gasteiger partial charge in [-0.05, 0) is 26.3 Å². The van der Waals surface area contributed by atoms with E-state index in [2.05, 4.69) is 6.07 Å². The zero-order chi connectivity index (χ0) is 12.1. The molecule has 0 aromatic heterocycles. The quantitative estimate of drug-likeness (QED) is 0.800. The molecule has 0 radical (unpaired) electrons. The molecule has 1 aromatic rings. The summed E-state index contributed by atoms with van der Waals surface area (Å²) in [4.78, 5) is 0. The molecule has 3 unspecified atom stereocenters. The number of nitrogens with two attached hydrogens (primary N) is 1. The Morgan fingerprint density at radius 1 is 1.38 bits per heavy atom. The van der Waals surface area contributed by atoms with Gasteiger partial charge < -0.3 is 15.6 Å². The average Bonchev–Trinajstić information content (AvgIpc) is 2.25. The number of aryl methyl sites for hydroxylation is 1. The summed E-state index contributed by atoms with van der Waals surface area (Å²) in [5.41, 5.74) is 7.95. The fraction of sp³-hybridized carbons (Fsp3) is 0.538. The van der Waals surface area contributed by atoms with Crippen LogP contribution in [-0.4, -0.2) is 23.9 Å². The highest BCUT2D eigenvalue weighted by atomic mass is 16.5. The Kier molecular flexibility index (Phi) is 4.93. The molecule has 90 valence electrons. The van der Waals surface area contributed by atoms with Gasteiger partial charge in [-0.15, -0.1) is 0 Å². The Morgan fingerprint density at radius 2 is 2.06 bits per heavy atom. The van der Waals surface area contributed by atoms with Crippen molar-refractivity contribution in [1.29, 1.82) is 0 Å². The molecule has 16 heavy (non-hydrogen) atoms. The van der Waals surface area contributed by atoms with Crippen LogP contribution in [0.25, 0.3) is 0 Å². The van der Waals surface area contributed by atoms with Gasteiger partial charge in [-0.25, -0.2) is 0 Å². The van der Waals surface area contributed by atoms with Crippen LogP contribution in [0.4, 0.5) is 0 Å². The van der Waals surface area contributed by atoms with Crippen LogP contribution in [0.2, 0.25) is 0 Å². The third-order valence-corrected chi connectivity index (χ3v) is 2.69. The highest BCUT2D eigenvalue weighted by molar-refractivity contribution is 5.24. The van der Waals surface area contributed by atoms with Gasteiger partial charge in [0.25, 0.3) is 0 Å². The summed E-state index contributed by atoms with van der Waals surface area (Å²) in [6.07, 6.45) is -0.850. The molecule has 0 heterocycles. The van der Waals surface area contributed by atoms with E-state index in [1.165, 1.54) is 5.56 Å². The molecule has 0 saturated carbocycles. The van der Waals surface area contributed by atoms with Crippen molar-refractivity contribution in [3.05, 3.63) is 35.4 Å². The minimum Gasteiger partial charge on any atom is -0.391 e. The van der Waals surface area contributed by atoms with Crippen molar-refractivity contribution in [3.63, 3.8) is 0 Å². The molecule has 0 aliphatic rings. The van der Waals surface area contributed by atoms with Crippen molar-refractivity contribution in [1.82, 2.24) is 0 Å². The lowest BCUT2D eigenvalue weighted by molar-refractivity contribution is -0.0591. The van der Waals surface area contributed by atoms with Gasteiger partial charge in [0, 0.05) is 6.54 Å². The molecule has 1 rings (SSSR count). The third-order valence-electron chi connectivity index (χ3n) is 2.69. The van der Waals surface area contributed by atoms with E-state index in [1.807, 2.05) is 32.0 Å². The summed E-state index contributed by atoms with van der Waals surface area (Å²) in [6, 6.07) is 8.09. The van der Waals surface area contributed by atoms with E-state index >= 15 is 0 Å². The van der Waals surface area contributed by atoms with Crippen LogP contribution in [-0.2, 0) is 4.74 Å². The number of hydrogen-bond donors (Lipinski definition) is 2. The van der Waals surface area contributed by atoms with Crippen molar-refractivity contribution in [3.8, 4) is 0 Å². The maximum absolute atomic E-state index is 9.40. The summed E-state index contributed by atoms with van der Waals surface area (Å²) in [5.74, 6) is 0. The first-order chi connectivity index (χ1) is 7.54. The predicted octanol–water partition coefficient (Wildman–Crippen LogP) is 1.78. The maximum atomic E-state index is 9.40. The Morgan fingerprint density at radius 3 is 2.56 bits per heavy atom. The molecule has 0 aliphatic heterocycles. The second kappa shape index (κ2) is 5.99. The van der Waals surface area contributed by atoms with Gasteiger partial charge in [0.05, 0.1) is 18.3 Å². The van der Waals surface area contributed by atoms with Crippen molar-refractivity contribution in [2.75, 3.05) is 6.54 Å². The van der Waals surface area contributed by atoms with Crippen LogP contribution in [0.15, 0.2) is 24.3 Å². The topological polar surface area (TPSA) is 55.5 Å². The van der Waals surface area contributed by atoms with Gasteiger partial charge >= 0.3 is 0 Å². The van der Waals surface area contributed by atoms with Crippen molar-refractivity contribution < 1.29 is 9.84 Å². The third kappa shape index (κ3) is 3.59. The first-order valence-electron chi connectivity index (χ1n) is 5.64. The summed E-state index contributed by atoms with van der Waals surface area (Å²) in [6.45, 7) is 6.02. The number of rotatable bonds is 5. The highest BCUT2D eigenvalue weighted by Crippen LogP contribution is 2.20. The molecule has 0 aliphatic carbocycles. The second-order valence-corrected chi connectivity index (χ2v) is 4.22. The van der Waals surface area contributed by atoms with E-state index in [1.54, 1.807) is 6.92 Å². The van der Waals surface area contributed by atoms with Crippen molar-refractivity contribution in [2.45, 2.75) is 39.1 Å². The minimum atomic E-state index is -0.487. The molecular weight excluding hydrogens is 202 g/mol. The number of ether oxygens (including phenoxy) is 1. The van der Waals surface area contributed by atoms with Gasteiger partial charge in [0.15, 0.2) is 0 Å². The molecule has 3 N–H and O–H groups in total. The molecule has 3 heteroatoms. The van der Waals surface area contributed by atoms with Gasteiger partial charge in [0.1, 0.15) is 0 Å². The Hall–Kier alpha value is -0.900. The van der Waals surface area contributed by atoms with Crippen LogP contribution < -0.4 is 5.73 Å². The van der Waals surface area contributed by atoms with Crippen LogP contribution >= 0.6 is 0 Å². The van der Waals surface area contributed by atoms with Gasteiger partial charge in [0.2, 0.25) is 0 Å². The number of benzene rings is 1. The summed E-state index contributed by atoms with van der Waals surface area (Å²) in [5, 5.41) is 9.40. The lowest BCUT2D eigenvalue weighted by atomic mass is 10.1. The molecule has 0 fully saturated rings. The monoisotopic (exact) mass is 223 g/mol. The number of hydrogen-bond acceptors (Lipinski definition) is 3. The zero-order valence-corrected chi connectivity index (χ0v) is 10.2. The number of aliphatic hydroxyl groups excluding tert-OH is 1. The molecule has 0 bridgehead atoms. The second-order valence-electron chi connectivity index (χ2n) is 4.22. The SMILES string of the molecule is Cc1cccc(C(CN)OC(C)C(C)O)c1.